The number of benzene rings is 1. The van der Waals surface area contributed by atoms with Crippen LogP contribution in [0.1, 0.15) is 34.3 Å². The Morgan fingerprint density at radius 3 is 2.25 bits per heavy atom. The van der Waals surface area contributed by atoms with Crippen LogP contribution < -0.4 is 0 Å². The summed E-state index contributed by atoms with van der Waals surface area (Å²) in [7, 11) is 0. The molecule has 0 bridgehead atoms. The van der Waals surface area contributed by atoms with Gasteiger partial charge in [-0.2, -0.15) is 0 Å². The molecule has 0 atom stereocenters. The van der Waals surface area contributed by atoms with E-state index in [1.807, 2.05) is 26.0 Å². The predicted octanol–water partition coefficient (Wildman–Crippen LogP) is 2.91. The van der Waals surface area contributed by atoms with Crippen LogP contribution in [0.15, 0.2) is 18.2 Å². The highest BCUT2D eigenvalue weighted by atomic mass is 16.5. The Kier molecular flexibility index (Phi) is 3.39. The van der Waals surface area contributed by atoms with Crippen LogP contribution >= 0.6 is 0 Å². The monoisotopic (exact) mass is 218 g/mol. The molecule has 0 N–H and O–H groups in total. The van der Waals surface area contributed by atoms with Crippen molar-refractivity contribution in [3.05, 3.63) is 34.9 Å². The summed E-state index contributed by atoms with van der Waals surface area (Å²) in [6, 6.07) is 6.08. The summed E-state index contributed by atoms with van der Waals surface area (Å²) < 4.78 is 5.28. The summed E-state index contributed by atoms with van der Waals surface area (Å²) >= 11 is 0. The maximum Gasteiger partial charge on any atom is 0.166 e. The first-order valence-corrected chi connectivity index (χ1v) is 5.87. The summed E-state index contributed by atoms with van der Waals surface area (Å²) in [6.07, 6.45) is 1.73. The second-order valence-electron chi connectivity index (χ2n) is 4.63. The molecular weight excluding hydrogens is 200 g/mol. The fourth-order valence-electron chi connectivity index (χ4n) is 2.31. The van der Waals surface area contributed by atoms with Crippen LogP contribution in [0, 0.1) is 19.8 Å². The van der Waals surface area contributed by atoms with Crippen LogP contribution in [0.5, 0.6) is 0 Å². The quantitative estimate of drug-likeness (QED) is 0.713. The molecule has 2 rings (SSSR count). The lowest BCUT2D eigenvalue weighted by molar-refractivity contribution is 0.0545. The number of hydrogen-bond acceptors (Lipinski definition) is 2. The van der Waals surface area contributed by atoms with E-state index in [9.17, 15) is 4.79 Å². The van der Waals surface area contributed by atoms with E-state index in [1.54, 1.807) is 0 Å². The van der Waals surface area contributed by atoms with Gasteiger partial charge in [-0.05, 0) is 38.8 Å². The van der Waals surface area contributed by atoms with E-state index < -0.39 is 0 Å². The Hall–Kier alpha value is -1.15. The fourth-order valence-corrected chi connectivity index (χ4v) is 2.31. The van der Waals surface area contributed by atoms with Crippen LogP contribution in [-0.2, 0) is 4.74 Å². The predicted molar refractivity (Wildman–Crippen MR) is 63.8 cm³/mol. The van der Waals surface area contributed by atoms with Crippen molar-refractivity contribution < 1.29 is 9.53 Å². The number of carbonyl (C=O) groups excluding carboxylic acids is 1. The third kappa shape index (κ3) is 2.50. The molecule has 0 aromatic heterocycles. The molecule has 16 heavy (non-hydrogen) atoms. The van der Waals surface area contributed by atoms with Gasteiger partial charge in [-0.3, -0.25) is 4.79 Å². The van der Waals surface area contributed by atoms with E-state index in [1.165, 1.54) is 0 Å². The molecule has 2 heteroatoms. The van der Waals surface area contributed by atoms with Gasteiger partial charge in [0.2, 0.25) is 0 Å². The zero-order valence-electron chi connectivity index (χ0n) is 9.95. The Morgan fingerprint density at radius 1 is 1.12 bits per heavy atom. The molecule has 1 aromatic carbocycles. The smallest absolute Gasteiger partial charge is 0.166 e. The maximum absolute atomic E-state index is 12.2. The average Bonchev–Trinajstić information content (AvgIpc) is 2.28. The molecule has 0 saturated carbocycles. The second-order valence-corrected chi connectivity index (χ2v) is 4.63. The maximum atomic E-state index is 12.2. The summed E-state index contributed by atoms with van der Waals surface area (Å²) in [4.78, 5) is 12.2. The van der Waals surface area contributed by atoms with Crippen LogP contribution in [0.2, 0.25) is 0 Å². The number of carbonyl (C=O) groups is 1. The van der Waals surface area contributed by atoms with Crippen molar-refractivity contribution in [2.45, 2.75) is 26.7 Å². The zero-order chi connectivity index (χ0) is 11.5. The van der Waals surface area contributed by atoms with Gasteiger partial charge in [0.25, 0.3) is 0 Å². The first kappa shape index (κ1) is 11.3. The lowest BCUT2D eigenvalue weighted by Crippen LogP contribution is -2.23. The largest absolute Gasteiger partial charge is 0.381 e. The van der Waals surface area contributed by atoms with Crippen molar-refractivity contribution in [3.8, 4) is 0 Å². The zero-order valence-corrected chi connectivity index (χ0v) is 9.95. The standard InChI is InChI=1S/C14H18O2/c1-10-7-11(2)9-13(8-10)14(15)12-3-5-16-6-4-12/h7-9,12H,3-6H2,1-2H3. The highest BCUT2D eigenvalue weighted by Gasteiger charge is 2.22. The SMILES string of the molecule is Cc1cc(C)cc(C(=O)C2CCOCC2)c1. The van der Waals surface area contributed by atoms with Crippen LogP contribution in [0.4, 0.5) is 0 Å². The van der Waals surface area contributed by atoms with E-state index in [0.717, 1.165) is 42.7 Å². The number of aryl methyl sites for hydroxylation is 2. The molecule has 86 valence electrons. The number of ketones is 1. The van der Waals surface area contributed by atoms with Crippen molar-refractivity contribution in [1.82, 2.24) is 0 Å². The molecule has 1 heterocycles. The van der Waals surface area contributed by atoms with Crippen molar-refractivity contribution in [3.63, 3.8) is 0 Å². The number of rotatable bonds is 2. The first-order chi connectivity index (χ1) is 7.66. The molecule has 1 aromatic rings. The van der Waals surface area contributed by atoms with Gasteiger partial charge in [0, 0.05) is 24.7 Å². The molecule has 0 unspecified atom stereocenters. The van der Waals surface area contributed by atoms with Crippen molar-refractivity contribution >= 4 is 5.78 Å². The number of hydrogen-bond donors (Lipinski definition) is 0. The van der Waals surface area contributed by atoms with Crippen molar-refractivity contribution in [2.75, 3.05) is 13.2 Å². The lowest BCUT2D eigenvalue weighted by Gasteiger charge is -2.21. The summed E-state index contributed by atoms with van der Waals surface area (Å²) in [5.41, 5.74) is 3.19. The lowest BCUT2D eigenvalue weighted by atomic mass is 9.90. The van der Waals surface area contributed by atoms with Gasteiger partial charge < -0.3 is 4.74 Å². The number of ether oxygens (including phenoxy) is 1. The topological polar surface area (TPSA) is 26.3 Å². The number of Topliss-reactive ketones (excluding diaryl/α,β-unsaturated/α-hetero) is 1. The highest BCUT2D eigenvalue weighted by molar-refractivity contribution is 5.98. The molecule has 1 saturated heterocycles. The van der Waals surface area contributed by atoms with E-state index in [-0.39, 0.29) is 11.7 Å². The fraction of sp³-hybridized carbons (Fsp3) is 0.500. The molecule has 1 fully saturated rings. The molecule has 1 aliphatic heterocycles. The van der Waals surface area contributed by atoms with Gasteiger partial charge in [-0.15, -0.1) is 0 Å². The summed E-state index contributed by atoms with van der Waals surface area (Å²) in [5, 5.41) is 0. The van der Waals surface area contributed by atoms with Gasteiger partial charge in [0.1, 0.15) is 0 Å². The van der Waals surface area contributed by atoms with E-state index in [0.29, 0.717) is 0 Å². The van der Waals surface area contributed by atoms with Gasteiger partial charge in [0.15, 0.2) is 5.78 Å². The van der Waals surface area contributed by atoms with Crippen LogP contribution in [0.3, 0.4) is 0 Å². The minimum absolute atomic E-state index is 0.162. The second kappa shape index (κ2) is 4.79. The summed E-state index contributed by atoms with van der Waals surface area (Å²) in [5.74, 6) is 0.449. The molecular formula is C14H18O2. The van der Waals surface area contributed by atoms with Gasteiger partial charge in [0.05, 0.1) is 0 Å². The normalized spacial score (nSPS) is 17.4. The molecule has 0 radical (unpaired) electrons. The van der Waals surface area contributed by atoms with Gasteiger partial charge in [-0.1, -0.05) is 17.2 Å². The summed E-state index contributed by atoms with van der Waals surface area (Å²) in [6.45, 7) is 5.52. The molecule has 0 amide bonds. The van der Waals surface area contributed by atoms with E-state index in [2.05, 4.69) is 6.07 Å². The van der Waals surface area contributed by atoms with Crippen molar-refractivity contribution in [1.29, 1.82) is 0 Å². The molecule has 2 nitrogen and oxygen atoms in total. The Balaban J connectivity index is 2.19. The third-order valence-electron chi connectivity index (χ3n) is 3.10. The Morgan fingerprint density at radius 2 is 1.69 bits per heavy atom. The molecule has 0 aliphatic carbocycles. The average molecular weight is 218 g/mol. The van der Waals surface area contributed by atoms with Crippen LogP contribution in [-0.4, -0.2) is 19.0 Å². The Bertz CT molecular complexity index is 369. The van der Waals surface area contributed by atoms with Crippen LogP contribution in [0.25, 0.3) is 0 Å². The Labute approximate surface area is 96.6 Å². The first-order valence-electron chi connectivity index (χ1n) is 5.87. The minimum atomic E-state index is 0.162. The van der Waals surface area contributed by atoms with Gasteiger partial charge in [-0.25, -0.2) is 0 Å². The van der Waals surface area contributed by atoms with Gasteiger partial charge >= 0.3 is 0 Å². The van der Waals surface area contributed by atoms with E-state index in [4.69, 9.17) is 4.74 Å². The molecule has 0 spiro atoms. The third-order valence-corrected chi connectivity index (χ3v) is 3.10. The highest BCUT2D eigenvalue weighted by Crippen LogP contribution is 2.21. The van der Waals surface area contributed by atoms with Crippen molar-refractivity contribution in [2.24, 2.45) is 5.92 Å². The molecule has 1 aliphatic rings. The van der Waals surface area contributed by atoms with E-state index >= 15 is 0 Å². The minimum Gasteiger partial charge on any atom is -0.381 e.